The van der Waals surface area contributed by atoms with E-state index in [1.54, 1.807) is 30.2 Å². The lowest BCUT2D eigenvalue weighted by molar-refractivity contribution is -0.115. The molecule has 0 fully saturated rings. The van der Waals surface area contributed by atoms with Gasteiger partial charge in [-0.05, 0) is 17.2 Å². The van der Waals surface area contributed by atoms with E-state index in [-0.39, 0.29) is 5.57 Å². The summed E-state index contributed by atoms with van der Waals surface area (Å²) < 4.78 is 0. The summed E-state index contributed by atoms with van der Waals surface area (Å²) in [5.41, 5.74) is 2.17. The van der Waals surface area contributed by atoms with Crippen molar-refractivity contribution in [1.82, 2.24) is 0 Å². The lowest BCUT2D eigenvalue weighted by Crippen LogP contribution is -2.15. The standard InChI is InChI=1S/C13H6O3/c14-6-8-5-4-7-2-1-3-9-10(7)11(8)13(16)12(9)15/h1-5,11H. The van der Waals surface area contributed by atoms with Crippen LogP contribution >= 0.6 is 0 Å². The molecule has 3 rings (SSSR count). The van der Waals surface area contributed by atoms with Gasteiger partial charge >= 0.3 is 0 Å². The third-order valence-electron chi connectivity index (χ3n) is 3.03. The molecule has 3 heteroatoms. The van der Waals surface area contributed by atoms with Crippen LogP contribution in [0.15, 0.2) is 29.8 Å². The number of hydrogen-bond donors (Lipinski definition) is 0. The van der Waals surface area contributed by atoms with Crippen LogP contribution < -0.4 is 0 Å². The molecule has 2 aliphatic carbocycles. The van der Waals surface area contributed by atoms with Gasteiger partial charge in [-0.25, -0.2) is 4.79 Å². The highest BCUT2D eigenvalue weighted by atomic mass is 16.2. The first-order valence-electron chi connectivity index (χ1n) is 4.88. The maximum absolute atomic E-state index is 11.8. The van der Waals surface area contributed by atoms with Gasteiger partial charge in [0.15, 0.2) is 0 Å². The Labute approximate surface area is 91.1 Å². The van der Waals surface area contributed by atoms with Crippen LogP contribution in [-0.2, 0) is 9.59 Å². The maximum Gasteiger partial charge on any atom is 0.229 e. The Balaban J connectivity index is 2.42. The quantitative estimate of drug-likeness (QED) is 0.479. The number of carbonyl (C=O) groups is 2. The Hall–Kier alpha value is -2.25. The van der Waals surface area contributed by atoms with Crippen LogP contribution in [0.25, 0.3) is 6.08 Å². The van der Waals surface area contributed by atoms with Gasteiger partial charge in [0.25, 0.3) is 0 Å². The Morgan fingerprint density at radius 1 is 1.12 bits per heavy atom. The van der Waals surface area contributed by atoms with Crippen molar-refractivity contribution in [3.05, 3.63) is 46.5 Å². The average molecular weight is 210 g/mol. The topological polar surface area (TPSA) is 51.2 Å². The zero-order valence-electron chi connectivity index (χ0n) is 8.19. The third-order valence-corrected chi connectivity index (χ3v) is 3.03. The molecule has 0 heterocycles. The minimum Gasteiger partial charge on any atom is -0.289 e. The summed E-state index contributed by atoms with van der Waals surface area (Å²) in [5.74, 6) is -0.00878. The van der Waals surface area contributed by atoms with Gasteiger partial charge in [-0.2, -0.15) is 0 Å². The number of Topliss-reactive ketones (excluding diaryl/α,β-unsaturated/α-hetero) is 2. The summed E-state index contributed by atoms with van der Waals surface area (Å²) in [4.78, 5) is 34.2. The number of ketones is 2. The second-order valence-corrected chi connectivity index (χ2v) is 3.83. The number of allylic oxidation sites excluding steroid dienone is 2. The largest absolute Gasteiger partial charge is 0.289 e. The van der Waals surface area contributed by atoms with Gasteiger partial charge in [-0.3, -0.25) is 9.59 Å². The first-order valence-corrected chi connectivity index (χ1v) is 4.88. The maximum atomic E-state index is 11.8. The Morgan fingerprint density at radius 2 is 1.94 bits per heavy atom. The molecule has 0 spiro atoms. The molecule has 1 unspecified atom stereocenters. The minimum absolute atomic E-state index is 0.246. The number of benzene rings is 1. The summed E-state index contributed by atoms with van der Waals surface area (Å²) in [7, 11) is 0. The van der Waals surface area contributed by atoms with Crippen molar-refractivity contribution in [2.45, 2.75) is 5.92 Å². The first kappa shape index (κ1) is 9.01. The van der Waals surface area contributed by atoms with Crippen LogP contribution in [0, 0.1) is 0 Å². The van der Waals surface area contributed by atoms with Gasteiger partial charge in [-0.15, -0.1) is 0 Å². The predicted molar refractivity (Wildman–Crippen MR) is 56.8 cm³/mol. The van der Waals surface area contributed by atoms with E-state index in [2.05, 4.69) is 0 Å². The molecule has 0 amide bonds. The molecule has 1 aromatic carbocycles. The number of carbonyl (C=O) groups excluding carboxylic acids is 3. The van der Waals surface area contributed by atoms with Gasteiger partial charge in [-0.1, -0.05) is 24.3 Å². The van der Waals surface area contributed by atoms with Crippen LogP contribution in [0.3, 0.4) is 0 Å². The van der Waals surface area contributed by atoms with E-state index in [4.69, 9.17) is 0 Å². The van der Waals surface area contributed by atoms with E-state index >= 15 is 0 Å². The van der Waals surface area contributed by atoms with Gasteiger partial charge in [0.2, 0.25) is 11.6 Å². The van der Waals surface area contributed by atoms with Gasteiger partial charge < -0.3 is 0 Å². The first-order chi connectivity index (χ1) is 7.74. The zero-order valence-corrected chi connectivity index (χ0v) is 8.19. The van der Waals surface area contributed by atoms with E-state index in [0.717, 1.165) is 5.56 Å². The molecule has 3 nitrogen and oxygen atoms in total. The molecule has 0 aromatic heterocycles. The normalized spacial score (nSPS) is 21.0. The Morgan fingerprint density at radius 3 is 2.69 bits per heavy atom. The molecule has 1 aromatic rings. The van der Waals surface area contributed by atoms with E-state index < -0.39 is 17.5 Å². The van der Waals surface area contributed by atoms with Crippen molar-refractivity contribution in [2.75, 3.05) is 0 Å². The summed E-state index contributed by atoms with van der Waals surface area (Å²) in [6.07, 6.45) is 3.29. The monoisotopic (exact) mass is 210 g/mol. The van der Waals surface area contributed by atoms with E-state index in [0.29, 0.717) is 11.1 Å². The van der Waals surface area contributed by atoms with Crippen molar-refractivity contribution in [1.29, 1.82) is 0 Å². The molecule has 0 saturated carbocycles. The van der Waals surface area contributed by atoms with Crippen molar-refractivity contribution >= 4 is 23.6 Å². The molecule has 0 N–H and O–H groups in total. The second-order valence-electron chi connectivity index (χ2n) is 3.83. The van der Waals surface area contributed by atoms with Crippen molar-refractivity contribution < 1.29 is 14.4 Å². The predicted octanol–water partition coefficient (Wildman–Crippen LogP) is 1.32. The molecule has 0 radical (unpaired) electrons. The van der Waals surface area contributed by atoms with E-state index in [9.17, 15) is 14.4 Å². The Bertz CT molecular complexity index is 616. The van der Waals surface area contributed by atoms with Crippen LogP contribution in [-0.4, -0.2) is 17.5 Å². The highest BCUT2D eigenvalue weighted by Gasteiger charge is 2.42. The lowest BCUT2D eigenvalue weighted by Gasteiger charge is -2.15. The summed E-state index contributed by atoms with van der Waals surface area (Å²) in [6.45, 7) is 0. The van der Waals surface area contributed by atoms with Crippen molar-refractivity contribution in [3.8, 4) is 0 Å². The molecule has 16 heavy (non-hydrogen) atoms. The van der Waals surface area contributed by atoms with Crippen molar-refractivity contribution in [2.24, 2.45) is 0 Å². The molecule has 0 aliphatic heterocycles. The number of hydrogen-bond acceptors (Lipinski definition) is 3. The van der Waals surface area contributed by atoms with Crippen LogP contribution in [0.5, 0.6) is 0 Å². The van der Waals surface area contributed by atoms with E-state index in [1.165, 1.54) is 0 Å². The van der Waals surface area contributed by atoms with Gasteiger partial charge in [0.1, 0.15) is 5.94 Å². The smallest absolute Gasteiger partial charge is 0.229 e. The van der Waals surface area contributed by atoms with Crippen LogP contribution in [0.1, 0.15) is 27.4 Å². The SMILES string of the molecule is O=C=C1C=Cc2cccc3c2C1C(=O)C3=O. The van der Waals surface area contributed by atoms with Crippen LogP contribution in [0.4, 0.5) is 0 Å². The third kappa shape index (κ3) is 0.904. The minimum atomic E-state index is -0.721. The molecule has 0 bridgehead atoms. The second kappa shape index (κ2) is 2.87. The van der Waals surface area contributed by atoms with Crippen molar-refractivity contribution in [3.63, 3.8) is 0 Å². The summed E-state index contributed by atoms with van der Waals surface area (Å²) >= 11 is 0. The van der Waals surface area contributed by atoms with Gasteiger partial charge in [0.05, 0.1) is 11.5 Å². The molecule has 76 valence electrons. The zero-order chi connectivity index (χ0) is 11.3. The fraction of sp³-hybridized carbons (Fsp3) is 0.0769. The Kier molecular flexibility index (Phi) is 1.62. The molecular formula is C13H6O3. The molecular weight excluding hydrogens is 204 g/mol. The number of rotatable bonds is 0. The van der Waals surface area contributed by atoms with Crippen LogP contribution in [0.2, 0.25) is 0 Å². The summed E-state index contributed by atoms with van der Waals surface area (Å²) in [6, 6.07) is 5.19. The molecule has 1 atom stereocenters. The van der Waals surface area contributed by atoms with E-state index in [1.807, 2.05) is 6.07 Å². The highest BCUT2D eigenvalue weighted by molar-refractivity contribution is 6.50. The fourth-order valence-corrected chi connectivity index (χ4v) is 2.31. The summed E-state index contributed by atoms with van der Waals surface area (Å²) in [5, 5.41) is 0. The molecule has 0 saturated heterocycles. The molecule has 2 aliphatic rings. The fourth-order valence-electron chi connectivity index (χ4n) is 2.31. The highest BCUT2D eigenvalue weighted by Crippen LogP contribution is 2.40. The lowest BCUT2D eigenvalue weighted by atomic mass is 9.85. The van der Waals surface area contributed by atoms with Gasteiger partial charge in [0, 0.05) is 5.56 Å². The average Bonchev–Trinajstić information content (AvgIpc) is 2.58.